The Kier molecular flexibility index (Phi) is 6.22. The van der Waals surface area contributed by atoms with Crippen LogP contribution in [0.4, 0.5) is 0 Å². The lowest BCUT2D eigenvalue weighted by Crippen LogP contribution is -2.31. The third-order valence-corrected chi connectivity index (χ3v) is 5.31. The van der Waals surface area contributed by atoms with Crippen LogP contribution in [-0.4, -0.2) is 42.6 Å². The summed E-state index contributed by atoms with van der Waals surface area (Å²) in [6.07, 6.45) is 6.85. The van der Waals surface area contributed by atoms with Gasteiger partial charge >= 0.3 is 7.12 Å². The molecule has 0 radical (unpaired) electrons. The number of dihydropyridines is 1. The first-order valence-electron chi connectivity index (χ1n) is 9.51. The Hall–Kier alpha value is -2.57. The van der Waals surface area contributed by atoms with Crippen LogP contribution in [0.3, 0.4) is 0 Å². The quantitative estimate of drug-likeness (QED) is 0.403. The van der Waals surface area contributed by atoms with Gasteiger partial charge in [0.15, 0.2) is 0 Å². The summed E-state index contributed by atoms with van der Waals surface area (Å²) in [6, 6.07) is 7.35. The largest absolute Gasteiger partial charge is 0.497 e. The molecule has 2 atom stereocenters. The first-order chi connectivity index (χ1) is 13.4. The highest BCUT2D eigenvalue weighted by molar-refractivity contribution is 6.59. The summed E-state index contributed by atoms with van der Waals surface area (Å²) < 4.78 is 5.45. The average Bonchev–Trinajstić information content (AvgIpc) is 3.00. The summed E-state index contributed by atoms with van der Waals surface area (Å²) in [4.78, 5) is 4.68. The van der Waals surface area contributed by atoms with Crippen molar-refractivity contribution < 1.29 is 14.8 Å². The summed E-state index contributed by atoms with van der Waals surface area (Å²) in [7, 11) is 0.161. The Labute approximate surface area is 167 Å². The Morgan fingerprint density at radius 2 is 2.07 bits per heavy atom. The summed E-state index contributed by atoms with van der Waals surface area (Å²) in [5.74, 6) is 1.13. The molecule has 2 aliphatic rings. The number of hydrogen-bond donors (Lipinski definition) is 3. The van der Waals surface area contributed by atoms with Crippen LogP contribution in [-0.2, 0) is 4.74 Å². The van der Waals surface area contributed by atoms with Gasteiger partial charge in [0.25, 0.3) is 0 Å². The number of benzene rings is 1. The predicted octanol–water partition coefficient (Wildman–Crippen LogP) is 2.19. The third-order valence-electron chi connectivity index (χ3n) is 5.31. The van der Waals surface area contributed by atoms with Crippen molar-refractivity contribution in [3.05, 3.63) is 71.2 Å². The standard InChI is InChI=1S/C22H27BN2O3/c1-14(2)21(28-4)13-20-15(3)17-11-12-24-19(22(17)25-20)10-9-16-7-5-6-8-18(16)23(26)27/h5-10,13,15,20,25-27H,1,11-12H2,2-4H3/b10-9+,21-13?. The average molecular weight is 378 g/mol. The van der Waals surface area contributed by atoms with Crippen molar-refractivity contribution in [2.45, 2.75) is 26.3 Å². The molecule has 0 fully saturated rings. The van der Waals surface area contributed by atoms with Crippen molar-refractivity contribution in [3.8, 4) is 0 Å². The smallest absolute Gasteiger partial charge is 0.489 e. The molecule has 1 aromatic rings. The van der Waals surface area contributed by atoms with E-state index < -0.39 is 7.12 Å². The molecule has 0 aliphatic carbocycles. The Balaban J connectivity index is 1.85. The molecule has 0 aromatic heterocycles. The van der Waals surface area contributed by atoms with E-state index in [9.17, 15) is 10.0 Å². The number of ether oxygens (including phenoxy) is 1. The van der Waals surface area contributed by atoms with Gasteiger partial charge in [-0.1, -0.05) is 43.8 Å². The first-order valence-corrected chi connectivity index (χ1v) is 9.51. The van der Waals surface area contributed by atoms with E-state index in [0.29, 0.717) is 11.4 Å². The Bertz CT molecular complexity index is 884. The van der Waals surface area contributed by atoms with Crippen LogP contribution >= 0.6 is 0 Å². The third kappa shape index (κ3) is 4.13. The van der Waals surface area contributed by atoms with Crippen molar-refractivity contribution in [1.82, 2.24) is 5.32 Å². The molecule has 3 rings (SSSR count). The van der Waals surface area contributed by atoms with Crippen LogP contribution in [0.5, 0.6) is 0 Å². The second-order valence-electron chi connectivity index (χ2n) is 7.23. The van der Waals surface area contributed by atoms with E-state index in [1.165, 1.54) is 5.57 Å². The van der Waals surface area contributed by atoms with E-state index in [1.807, 2.05) is 31.2 Å². The monoisotopic (exact) mass is 378 g/mol. The van der Waals surface area contributed by atoms with E-state index in [2.05, 4.69) is 29.9 Å². The number of rotatable bonds is 6. The molecule has 28 heavy (non-hydrogen) atoms. The zero-order chi connectivity index (χ0) is 20.3. The minimum absolute atomic E-state index is 0.125. The topological polar surface area (TPSA) is 74.1 Å². The maximum absolute atomic E-state index is 9.56. The van der Waals surface area contributed by atoms with Crippen molar-refractivity contribution >= 4 is 24.4 Å². The molecule has 1 aromatic carbocycles. The maximum Gasteiger partial charge on any atom is 0.489 e. The number of nitrogens with zero attached hydrogens (tertiary/aromatic N) is 1. The molecular weight excluding hydrogens is 351 g/mol. The molecule has 0 saturated carbocycles. The van der Waals surface area contributed by atoms with Gasteiger partial charge in [0.2, 0.25) is 0 Å². The minimum Gasteiger partial charge on any atom is -0.497 e. The van der Waals surface area contributed by atoms with Crippen molar-refractivity contribution in [1.29, 1.82) is 0 Å². The van der Waals surface area contributed by atoms with Crippen molar-refractivity contribution in [3.63, 3.8) is 0 Å². The van der Waals surface area contributed by atoms with E-state index in [0.717, 1.165) is 41.3 Å². The normalized spacial score (nSPS) is 22.0. The number of nitrogens with one attached hydrogen (secondary N) is 1. The molecule has 5 nitrogen and oxygen atoms in total. The highest BCUT2D eigenvalue weighted by Crippen LogP contribution is 2.33. The van der Waals surface area contributed by atoms with Gasteiger partial charge < -0.3 is 20.1 Å². The fraction of sp³-hybridized carbons (Fsp3) is 0.318. The van der Waals surface area contributed by atoms with E-state index >= 15 is 0 Å². The molecule has 2 aliphatic heterocycles. The summed E-state index contributed by atoms with van der Waals surface area (Å²) >= 11 is 0. The molecule has 0 bridgehead atoms. The van der Waals surface area contributed by atoms with Crippen LogP contribution in [0.25, 0.3) is 6.08 Å². The number of methoxy groups -OCH3 is 1. The zero-order valence-corrected chi connectivity index (χ0v) is 16.6. The van der Waals surface area contributed by atoms with Gasteiger partial charge in [-0.3, -0.25) is 4.99 Å². The van der Waals surface area contributed by atoms with E-state index in [1.54, 1.807) is 19.2 Å². The molecule has 146 valence electrons. The predicted molar refractivity (Wildman–Crippen MR) is 115 cm³/mol. The summed E-state index contributed by atoms with van der Waals surface area (Å²) in [5, 5.41) is 22.7. The highest BCUT2D eigenvalue weighted by atomic mass is 16.5. The van der Waals surface area contributed by atoms with Crippen LogP contribution in [0.15, 0.2) is 70.6 Å². The second kappa shape index (κ2) is 8.63. The highest BCUT2D eigenvalue weighted by Gasteiger charge is 2.33. The fourth-order valence-corrected chi connectivity index (χ4v) is 3.73. The molecule has 3 N–H and O–H groups in total. The van der Waals surface area contributed by atoms with Crippen LogP contribution in [0.2, 0.25) is 0 Å². The Morgan fingerprint density at radius 3 is 2.75 bits per heavy atom. The summed E-state index contributed by atoms with van der Waals surface area (Å²) in [6.45, 7) is 8.88. The lowest BCUT2D eigenvalue weighted by molar-refractivity contribution is 0.296. The van der Waals surface area contributed by atoms with Crippen molar-refractivity contribution in [2.75, 3.05) is 13.7 Å². The van der Waals surface area contributed by atoms with Gasteiger partial charge in [0.1, 0.15) is 5.76 Å². The first kappa shape index (κ1) is 20.2. The number of allylic oxidation sites excluding steroid dienone is 2. The van der Waals surface area contributed by atoms with Gasteiger partial charge in [-0.25, -0.2) is 0 Å². The van der Waals surface area contributed by atoms with Gasteiger partial charge in [0, 0.05) is 12.5 Å². The van der Waals surface area contributed by atoms with Gasteiger partial charge in [-0.2, -0.15) is 0 Å². The fourth-order valence-electron chi connectivity index (χ4n) is 3.73. The molecular formula is C22H27BN2O3. The molecule has 2 unspecified atom stereocenters. The van der Waals surface area contributed by atoms with Gasteiger partial charge in [0.05, 0.1) is 24.6 Å². The molecule has 6 heteroatoms. The second-order valence-corrected chi connectivity index (χ2v) is 7.23. The maximum atomic E-state index is 9.56. The van der Waals surface area contributed by atoms with Crippen LogP contribution in [0, 0.1) is 5.92 Å². The van der Waals surface area contributed by atoms with Gasteiger partial charge in [-0.15, -0.1) is 0 Å². The molecule has 0 amide bonds. The number of hydrogen-bond acceptors (Lipinski definition) is 5. The zero-order valence-electron chi connectivity index (χ0n) is 16.6. The molecule has 0 spiro atoms. The number of aliphatic imine (C=N–C) groups is 1. The Morgan fingerprint density at radius 1 is 1.32 bits per heavy atom. The van der Waals surface area contributed by atoms with Crippen LogP contribution < -0.4 is 10.8 Å². The van der Waals surface area contributed by atoms with E-state index in [4.69, 9.17) is 4.74 Å². The molecule has 2 heterocycles. The SMILES string of the molecule is C=C(C)C(=CC1NC2=C(CCN=C2/C=C/c2ccccc2B(O)O)C1C)OC. The van der Waals surface area contributed by atoms with Crippen LogP contribution in [0.1, 0.15) is 25.8 Å². The lowest BCUT2D eigenvalue weighted by atomic mass is 9.77. The minimum atomic E-state index is -1.50. The van der Waals surface area contributed by atoms with E-state index in [-0.39, 0.29) is 6.04 Å². The lowest BCUT2D eigenvalue weighted by Gasteiger charge is -2.16. The summed E-state index contributed by atoms with van der Waals surface area (Å²) in [5.41, 5.74) is 5.46. The molecule has 0 saturated heterocycles. The van der Waals surface area contributed by atoms with Crippen molar-refractivity contribution in [2.24, 2.45) is 10.9 Å². The van der Waals surface area contributed by atoms with Gasteiger partial charge in [-0.05, 0) is 47.7 Å².